The molecule has 7 nitrogen and oxygen atoms in total. The third kappa shape index (κ3) is 6.87. The van der Waals surface area contributed by atoms with Gasteiger partial charge < -0.3 is 20.0 Å². The van der Waals surface area contributed by atoms with Crippen molar-refractivity contribution in [3.8, 4) is 0 Å². The summed E-state index contributed by atoms with van der Waals surface area (Å²) in [6.45, 7) is 1.74. The van der Waals surface area contributed by atoms with Crippen LogP contribution in [0, 0.1) is 0 Å². The van der Waals surface area contributed by atoms with E-state index in [1.807, 2.05) is 30.9 Å². The zero-order valence-corrected chi connectivity index (χ0v) is 22.8. The fourth-order valence-electron chi connectivity index (χ4n) is 4.35. The summed E-state index contributed by atoms with van der Waals surface area (Å²) in [5.74, 6) is 0.568. The first kappa shape index (κ1) is 29.7. The molecular formula is C26H28ClF6N7. The number of benzene rings is 1. The molecule has 0 fully saturated rings. The summed E-state index contributed by atoms with van der Waals surface area (Å²) in [5, 5.41) is 2.61. The molecule has 3 heterocycles. The van der Waals surface area contributed by atoms with Crippen LogP contribution in [0.5, 0.6) is 0 Å². The van der Waals surface area contributed by atoms with Gasteiger partial charge in [0, 0.05) is 57.1 Å². The van der Waals surface area contributed by atoms with Gasteiger partial charge in [0.15, 0.2) is 0 Å². The number of aromatic nitrogens is 3. The predicted molar refractivity (Wildman–Crippen MR) is 142 cm³/mol. The van der Waals surface area contributed by atoms with Gasteiger partial charge in [0.1, 0.15) is 11.6 Å². The molecule has 3 aromatic rings. The van der Waals surface area contributed by atoms with Gasteiger partial charge in [-0.15, -0.1) is 0 Å². The molecule has 0 spiro atoms. The van der Waals surface area contributed by atoms with Crippen molar-refractivity contribution >= 4 is 34.9 Å². The number of hydrogen-bond acceptors (Lipinski definition) is 7. The number of hydrogen-bond donors (Lipinski definition) is 1. The molecule has 0 unspecified atom stereocenters. The number of rotatable bonds is 7. The normalized spacial score (nSPS) is 14.2. The van der Waals surface area contributed by atoms with Gasteiger partial charge in [-0.3, -0.25) is 0 Å². The van der Waals surface area contributed by atoms with Gasteiger partial charge in [-0.2, -0.15) is 31.3 Å². The van der Waals surface area contributed by atoms with E-state index >= 15 is 0 Å². The first-order valence-corrected chi connectivity index (χ1v) is 12.8. The van der Waals surface area contributed by atoms with Gasteiger partial charge >= 0.3 is 12.4 Å². The molecule has 0 saturated heterocycles. The molecule has 0 atom stereocenters. The Kier molecular flexibility index (Phi) is 8.64. The Balaban J connectivity index is 1.70. The maximum Gasteiger partial charge on any atom is 0.419 e. The summed E-state index contributed by atoms with van der Waals surface area (Å²) in [5.41, 5.74) is -0.210. The van der Waals surface area contributed by atoms with Crippen molar-refractivity contribution in [3.63, 3.8) is 0 Å². The van der Waals surface area contributed by atoms with Crippen LogP contribution in [-0.4, -0.2) is 67.2 Å². The summed E-state index contributed by atoms with van der Waals surface area (Å²) in [6.07, 6.45) is -7.26. The van der Waals surface area contributed by atoms with E-state index in [-0.39, 0.29) is 31.0 Å². The second-order valence-corrected chi connectivity index (χ2v) is 10.1. The fraction of sp³-hybridized carbons (Fsp3) is 0.423. The highest BCUT2D eigenvalue weighted by Gasteiger charge is 2.36. The highest BCUT2D eigenvalue weighted by molar-refractivity contribution is 6.31. The zero-order chi connectivity index (χ0) is 29.2. The van der Waals surface area contributed by atoms with Crippen LogP contribution in [0.2, 0.25) is 5.02 Å². The first-order chi connectivity index (χ1) is 18.7. The third-order valence-corrected chi connectivity index (χ3v) is 6.80. The molecule has 1 N–H and O–H groups in total. The molecule has 1 aromatic carbocycles. The van der Waals surface area contributed by atoms with Crippen molar-refractivity contribution in [1.29, 1.82) is 0 Å². The highest BCUT2D eigenvalue weighted by Crippen LogP contribution is 2.38. The van der Waals surface area contributed by atoms with Crippen molar-refractivity contribution in [2.75, 3.05) is 62.4 Å². The number of anilines is 4. The minimum atomic E-state index is -4.60. The maximum atomic E-state index is 13.7. The van der Waals surface area contributed by atoms with Gasteiger partial charge in [-0.25, -0.2) is 9.97 Å². The molecule has 1 aliphatic heterocycles. The summed E-state index contributed by atoms with van der Waals surface area (Å²) < 4.78 is 80.7. The fourth-order valence-corrected chi connectivity index (χ4v) is 4.64. The summed E-state index contributed by atoms with van der Waals surface area (Å²) in [4.78, 5) is 18.8. The van der Waals surface area contributed by atoms with E-state index in [9.17, 15) is 26.3 Å². The Morgan fingerprint density at radius 3 is 2.27 bits per heavy atom. The minimum Gasteiger partial charge on any atom is -0.355 e. The topological polar surface area (TPSA) is 60.4 Å². The lowest BCUT2D eigenvalue weighted by atomic mass is 10.1. The van der Waals surface area contributed by atoms with Gasteiger partial charge in [-0.05, 0) is 50.8 Å². The Hall–Kier alpha value is -3.32. The number of likely N-dealkylation sites (N-methyl/N-ethyl adjacent to an activating group) is 2. The highest BCUT2D eigenvalue weighted by atomic mass is 35.5. The van der Waals surface area contributed by atoms with Crippen molar-refractivity contribution < 1.29 is 26.3 Å². The molecule has 0 aliphatic carbocycles. The van der Waals surface area contributed by atoms with Gasteiger partial charge in [0.05, 0.1) is 21.8 Å². The molecule has 1 aliphatic rings. The molecule has 0 radical (unpaired) electrons. The summed E-state index contributed by atoms with van der Waals surface area (Å²) >= 11 is 5.93. The quantitative estimate of drug-likeness (QED) is 0.345. The van der Waals surface area contributed by atoms with Crippen LogP contribution in [0.3, 0.4) is 0 Å². The second kappa shape index (κ2) is 11.7. The van der Waals surface area contributed by atoms with E-state index < -0.39 is 28.5 Å². The zero-order valence-electron chi connectivity index (χ0n) is 22.0. The number of nitrogens with zero attached hydrogens (tertiary/aromatic N) is 6. The lowest BCUT2D eigenvalue weighted by Gasteiger charge is -2.24. The van der Waals surface area contributed by atoms with E-state index in [2.05, 4.69) is 15.3 Å². The number of alkyl halides is 6. The third-order valence-electron chi connectivity index (χ3n) is 6.48. The minimum absolute atomic E-state index is 0.164. The standard InChI is InChI=1S/C26H28ClF6N7/c1-38(2)13-14-39(3)24-36-21-9-12-40(23-19(26(31,32)33)5-4-10-34-23)11-8-17(21)22(37-24)35-16-6-7-18(20(27)15-16)25(28,29)30/h4-7,10,15H,8-9,11-14H2,1-3H3,(H,35,36,37). The SMILES string of the molecule is CN(C)CCN(C)c1nc2c(c(Nc3ccc(C(F)(F)F)c(Cl)c3)n1)CCN(c1ncccc1C(F)(F)F)CC2. The van der Waals surface area contributed by atoms with E-state index in [0.717, 1.165) is 12.1 Å². The Bertz CT molecular complexity index is 1350. The van der Waals surface area contributed by atoms with Crippen LogP contribution in [-0.2, 0) is 25.2 Å². The number of halogens is 7. The van der Waals surface area contributed by atoms with Crippen LogP contribution < -0.4 is 15.1 Å². The largest absolute Gasteiger partial charge is 0.419 e. The van der Waals surface area contributed by atoms with Gasteiger partial charge in [0.2, 0.25) is 5.95 Å². The second-order valence-electron chi connectivity index (χ2n) is 9.70. The van der Waals surface area contributed by atoms with Gasteiger partial charge in [-0.1, -0.05) is 11.6 Å². The maximum absolute atomic E-state index is 13.7. The number of fused-ring (bicyclic) bond motifs is 1. The molecule has 0 saturated carbocycles. The van der Waals surface area contributed by atoms with Crippen molar-refractivity contribution in [1.82, 2.24) is 19.9 Å². The van der Waals surface area contributed by atoms with Crippen molar-refractivity contribution in [2.24, 2.45) is 0 Å². The average Bonchev–Trinajstić information content (AvgIpc) is 3.09. The molecule has 2 aromatic heterocycles. The lowest BCUT2D eigenvalue weighted by molar-refractivity contribution is -0.138. The molecule has 40 heavy (non-hydrogen) atoms. The van der Waals surface area contributed by atoms with Crippen LogP contribution in [0.4, 0.5) is 49.6 Å². The molecule has 14 heteroatoms. The summed E-state index contributed by atoms with van der Waals surface area (Å²) in [6, 6.07) is 5.55. The molecule has 216 valence electrons. The van der Waals surface area contributed by atoms with Crippen LogP contribution in [0.1, 0.15) is 22.4 Å². The van der Waals surface area contributed by atoms with Crippen LogP contribution >= 0.6 is 11.6 Å². The van der Waals surface area contributed by atoms with E-state index in [1.165, 1.54) is 24.4 Å². The molecule has 4 rings (SSSR count). The van der Waals surface area contributed by atoms with E-state index in [4.69, 9.17) is 16.6 Å². The Morgan fingerprint density at radius 2 is 1.62 bits per heavy atom. The Morgan fingerprint density at radius 1 is 0.925 bits per heavy atom. The average molecular weight is 588 g/mol. The van der Waals surface area contributed by atoms with E-state index in [1.54, 1.807) is 4.90 Å². The molecular weight excluding hydrogens is 560 g/mol. The van der Waals surface area contributed by atoms with Crippen molar-refractivity contribution in [3.05, 3.63) is 63.9 Å². The van der Waals surface area contributed by atoms with Crippen LogP contribution in [0.15, 0.2) is 36.5 Å². The summed E-state index contributed by atoms with van der Waals surface area (Å²) in [7, 11) is 5.67. The smallest absolute Gasteiger partial charge is 0.355 e. The molecule has 0 amide bonds. The lowest BCUT2D eigenvalue weighted by Crippen LogP contribution is -2.30. The Labute approximate surface area is 232 Å². The van der Waals surface area contributed by atoms with Crippen molar-refractivity contribution in [2.45, 2.75) is 25.2 Å². The number of pyridine rings is 1. The molecule has 0 bridgehead atoms. The predicted octanol–water partition coefficient (Wildman–Crippen LogP) is 5.91. The van der Waals surface area contributed by atoms with E-state index in [0.29, 0.717) is 42.5 Å². The number of nitrogens with one attached hydrogen (secondary N) is 1. The first-order valence-electron chi connectivity index (χ1n) is 12.4. The monoisotopic (exact) mass is 587 g/mol. The van der Waals surface area contributed by atoms with Gasteiger partial charge in [0.25, 0.3) is 0 Å². The van der Waals surface area contributed by atoms with Crippen LogP contribution in [0.25, 0.3) is 0 Å².